The summed E-state index contributed by atoms with van der Waals surface area (Å²) in [5.41, 5.74) is 7.39. The van der Waals surface area contributed by atoms with Crippen LogP contribution in [-0.2, 0) is 6.42 Å². The summed E-state index contributed by atoms with van der Waals surface area (Å²) in [4.78, 5) is 0. The van der Waals surface area contributed by atoms with Crippen LogP contribution >= 0.6 is 0 Å². The predicted molar refractivity (Wildman–Crippen MR) is 42.0 cm³/mol. The van der Waals surface area contributed by atoms with Crippen molar-refractivity contribution in [2.75, 3.05) is 0 Å². The van der Waals surface area contributed by atoms with E-state index in [4.69, 9.17) is 5.73 Å². The summed E-state index contributed by atoms with van der Waals surface area (Å²) in [5.74, 6) is 0. The van der Waals surface area contributed by atoms with Crippen LogP contribution in [0.2, 0.25) is 0 Å². The van der Waals surface area contributed by atoms with Crippen molar-refractivity contribution in [1.82, 2.24) is 0 Å². The molecule has 0 radical (unpaired) electrons. The average Bonchev–Trinajstić information content (AvgIpc) is 2.30. The van der Waals surface area contributed by atoms with E-state index >= 15 is 0 Å². The lowest BCUT2D eigenvalue weighted by atomic mass is 10.1. The number of benzene rings is 1. The summed E-state index contributed by atoms with van der Waals surface area (Å²) < 4.78 is 13.2. The molecule has 0 heterocycles. The smallest absolute Gasteiger partial charge is 0.141 e. The monoisotopic (exact) mass is 151 g/mol. The summed E-state index contributed by atoms with van der Waals surface area (Å²) in [6.45, 7) is 0. The molecule has 1 aliphatic carbocycles. The van der Waals surface area contributed by atoms with E-state index in [9.17, 15) is 4.39 Å². The fraction of sp³-hybridized carbons (Fsp3) is 0.333. The van der Waals surface area contributed by atoms with Crippen molar-refractivity contribution in [3.05, 3.63) is 35.4 Å². The molecule has 1 nitrogen and oxygen atoms in total. The zero-order valence-corrected chi connectivity index (χ0v) is 6.13. The maximum atomic E-state index is 13.2. The standard InChI is InChI=1S/C9H10FN/c10-9-7-4-2-1-3-6(7)5-8(9)11/h1-4,8-9H,5,11H2/t8-,9?/m0/s1. The molecule has 0 aliphatic heterocycles. The van der Waals surface area contributed by atoms with E-state index in [1.165, 1.54) is 0 Å². The van der Waals surface area contributed by atoms with Crippen LogP contribution in [-0.4, -0.2) is 6.04 Å². The van der Waals surface area contributed by atoms with E-state index in [1.54, 1.807) is 0 Å². The van der Waals surface area contributed by atoms with Crippen molar-refractivity contribution in [2.45, 2.75) is 18.6 Å². The molecular formula is C9H10FN. The highest BCUT2D eigenvalue weighted by Crippen LogP contribution is 2.32. The topological polar surface area (TPSA) is 26.0 Å². The molecular weight excluding hydrogens is 141 g/mol. The molecule has 0 bridgehead atoms. The lowest BCUT2D eigenvalue weighted by Gasteiger charge is -2.04. The fourth-order valence-corrected chi connectivity index (χ4v) is 1.58. The van der Waals surface area contributed by atoms with Crippen LogP contribution in [0.4, 0.5) is 4.39 Å². The summed E-state index contributed by atoms with van der Waals surface area (Å²) >= 11 is 0. The third-order valence-electron chi connectivity index (χ3n) is 2.18. The molecule has 0 fully saturated rings. The van der Waals surface area contributed by atoms with Crippen LogP contribution in [0.5, 0.6) is 0 Å². The minimum absolute atomic E-state index is 0.326. The molecule has 2 heteroatoms. The Labute approximate surface area is 65.0 Å². The molecule has 11 heavy (non-hydrogen) atoms. The highest BCUT2D eigenvalue weighted by Gasteiger charge is 2.28. The predicted octanol–water partition coefficient (Wildman–Crippen LogP) is 1.58. The first kappa shape index (κ1) is 6.80. The van der Waals surface area contributed by atoms with Gasteiger partial charge in [-0.2, -0.15) is 0 Å². The Bertz CT molecular complexity index is 272. The Morgan fingerprint density at radius 1 is 1.36 bits per heavy atom. The average molecular weight is 151 g/mol. The lowest BCUT2D eigenvalue weighted by molar-refractivity contribution is 0.308. The Morgan fingerprint density at radius 2 is 2.09 bits per heavy atom. The first-order chi connectivity index (χ1) is 5.29. The fourth-order valence-electron chi connectivity index (χ4n) is 1.58. The molecule has 1 aromatic rings. The van der Waals surface area contributed by atoms with Gasteiger partial charge in [-0.15, -0.1) is 0 Å². The minimum atomic E-state index is -0.953. The van der Waals surface area contributed by atoms with Crippen LogP contribution in [0.15, 0.2) is 24.3 Å². The van der Waals surface area contributed by atoms with Crippen LogP contribution in [0, 0.1) is 0 Å². The first-order valence-corrected chi connectivity index (χ1v) is 3.76. The van der Waals surface area contributed by atoms with Gasteiger partial charge in [0.1, 0.15) is 6.17 Å². The number of alkyl halides is 1. The van der Waals surface area contributed by atoms with Gasteiger partial charge in [-0.1, -0.05) is 24.3 Å². The summed E-state index contributed by atoms with van der Waals surface area (Å²) in [7, 11) is 0. The van der Waals surface area contributed by atoms with Gasteiger partial charge in [0.05, 0.1) is 0 Å². The van der Waals surface area contributed by atoms with E-state index in [2.05, 4.69) is 0 Å². The van der Waals surface area contributed by atoms with E-state index in [0.29, 0.717) is 6.42 Å². The highest BCUT2D eigenvalue weighted by molar-refractivity contribution is 5.35. The van der Waals surface area contributed by atoms with E-state index in [0.717, 1.165) is 11.1 Å². The Morgan fingerprint density at radius 3 is 2.82 bits per heavy atom. The van der Waals surface area contributed by atoms with Crippen molar-refractivity contribution in [3.8, 4) is 0 Å². The van der Waals surface area contributed by atoms with Gasteiger partial charge in [-0.25, -0.2) is 4.39 Å². The van der Waals surface area contributed by atoms with Gasteiger partial charge in [0, 0.05) is 6.04 Å². The summed E-state index contributed by atoms with van der Waals surface area (Å²) in [6, 6.07) is 7.20. The van der Waals surface area contributed by atoms with Gasteiger partial charge in [0.15, 0.2) is 0 Å². The number of hydrogen-bond donors (Lipinski definition) is 1. The Kier molecular flexibility index (Phi) is 1.43. The number of rotatable bonds is 0. The lowest BCUT2D eigenvalue weighted by Crippen LogP contribution is -2.21. The normalized spacial score (nSPS) is 28.5. The molecule has 2 N–H and O–H groups in total. The second-order valence-electron chi connectivity index (χ2n) is 2.97. The van der Waals surface area contributed by atoms with Crippen molar-refractivity contribution in [1.29, 1.82) is 0 Å². The summed E-state index contributed by atoms with van der Waals surface area (Å²) in [6.07, 6.45) is -0.275. The van der Waals surface area contributed by atoms with Gasteiger partial charge in [-0.05, 0) is 17.5 Å². The first-order valence-electron chi connectivity index (χ1n) is 3.76. The van der Waals surface area contributed by atoms with Crippen LogP contribution in [0.1, 0.15) is 17.3 Å². The molecule has 0 saturated carbocycles. The van der Waals surface area contributed by atoms with Crippen molar-refractivity contribution < 1.29 is 4.39 Å². The van der Waals surface area contributed by atoms with Crippen LogP contribution in [0.3, 0.4) is 0 Å². The summed E-state index contributed by atoms with van der Waals surface area (Å²) in [5, 5.41) is 0. The molecule has 1 unspecified atom stereocenters. The molecule has 0 spiro atoms. The van der Waals surface area contributed by atoms with E-state index in [1.807, 2.05) is 24.3 Å². The number of nitrogens with two attached hydrogens (primary N) is 1. The second kappa shape index (κ2) is 2.31. The zero-order chi connectivity index (χ0) is 7.84. The largest absolute Gasteiger partial charge is 0.325 e. The molecule has 2 atom stereocenters. The van der Waals surface area contributed by atoms with Gasteiger partial charge >= 0.3 is 0 Å². The third-order valence-corrected chi connectivity index (χ3v) is 2.18. The molecule has 1 aliphatic rings. The molecule has 1 aromatic carbocycles. The maximum Gasteiger partial charge on any atom is 0.141 e. The maximum absolute atomic E-state index is 13.2. The van der Waals surface area contributed by atoms with Crippen molar-refractivity contribution >= 4 is 0 Å². The Balaban J connectivity index is 2.47. The minimum Gasteiger partial charge on any atom is -0.325 e. The number of halogens is 1. The molecule has 2 rings (SSSR count). The molecule has 0 saturated heterocycles. The van der Waals surface area contributed by atoms with Crippen molar-refractivity contribution in [3.63, 3.8) is 0 Å². The second-order valence-corrected chi connectivity index (χ2v) is 2.97. The highest BCUT2D eigenvalue weighted by atomic mass is 19.1. The van der Waals surface area contributed by atoms with Crippen molar-refractivity contribution in [2.24, 2.45) is 5.73 Å². The van der Waals surface area contributed by atoms with E-state index < -0.39 is 6.17 Å². The van der Waals surface area contributed by atoms with Gasteiger partial charge in [-0.3, -0.25) is 0 Å². The quantitative estimate of drug-likeness (QED) is 0.598. The number of hydrogen-bond acceptors (Lipinski definition) is 1. The number of fused-ring (bicyclic) bond motifs is 1. The Hall–Kier alpha value is -0.890. The van der Waals surface area contributed by atoms with Crippen LogP contribution in [0.25, 0.3) is 0 Å². The molecule has 0 amide bonds. The zero-order valence-electron chi connectivity index (χ0n) is 6.13. The SMILES string of the molecule is N[C@H]1Cc2ccccc2C1F. The third kappa shape index (κ3) is 0.942. The van der Waals surface area contributed by atoms with Crippen LogP contribution < -0.4 is 5.73 Å². The molecule has 0 aromatic heterocycles. The van der Waals surface area contributed by atoms with Gasteiger partial charge in [0.25, 0.3) is 0 Å². The van der Waals surface area contributed by atoms with Gasteiger partial charge in [0.2, 0.25) is 0 Å². The van der Waals surface area contributed by atoms with Gasteiger partial charge < -0.3 is 5.73 Å². The molecule has 58 valence electrons. The van der Waals surface area contributed by atoms with E-state index in [-0.39, 0.29) is 6.04 Å².